The molecule has 1 aliphatic rings. The van der Waals surface area contributed by atoms with Gasteiger partial charge in [-0.2, -0.15) is 10.2 Å². The summed E-state index contributed by atoms with van der Waals surface area (Å²) in [5.74, 6) is 1.61. The average molecular weight is 429 g/mol. The Hall–Kier alpha value is -2.67. The predicted molar refractivity (Wildman–Crippen MR) is 113 cm³/mol. The summed E-state index contributed by atoms with van der Waals surface area (Å²) in [6.45, 7) is 2.44. The number of ether oxygens (including phenoxy) is 1. The molecule has 2 heterocycles. The van der Waals surface area contributed by atoms with Gasteiger partial charge in [-0.15, -0.1) is 0 Å². The van der Waals surface area contributed by atoms with Crippen LogP contribution in [0.3, 0.4) is 0 Å². The summed E-state index contributed by atoms with van der Waals surface area (Å²) in [5.41, 5.74) is 5.64. The number of nitrogens with one attached hydrogen (secondary N) is 1. The van der Waals surface area contributed by atoms with E-state index in [1.807, 2.05) is 37.3 Å². The molecule has 0 radical (unpaired) electrons. The molecule has 0 saturated carbocycles. The van der Waals surface area contributed by atoms with E-state index in [9.17, 15) is 0 Å². The number of aryl methyl sites for hydroxylation is 1. The van der Waals surface area contributed by atoms with Gasteiger partial charge >= 0.3 is 0 Å². The molecule has 0 saturated heterocycles. The van der Waals surface area contributed by atoms with Gasteiger partial charge in [0.25, 0.3) is 0 Å². The lowest BCUT2D eigenvalue weighted by Gasteiger charge is -2.23. The standard InChI is InChI=1S/C21H18Cl2N4O2/c1-13-5-6-14(19(23)7-13)8-16-12-28-27-21(26-16)18-10-24-25-11-20(18)29-17-4-2-3-15(22)9-17/h2-7,9-11,16H,8,12H2,1H3,(H,26,27). The fourth-order valence-electron chi connectivity index (χ4n) is 2.98. The smallest absolute Gasteiger partial charge is 0.160 e. The maximum absolute atomic E-state index is 6.38. The first-order chi connectivity index (χ1) is 14.1. The van der Waals surface area contributed by atoms with Crippen LogP contribution in [0.2, 0.25) is 10.0 Å². The predicted octanol–water partition coefficient (Wildman–Crippen LogP) is 4.78. The van der Waals surface area contributed by atoms with E-state index >= 15 is 0 Å². The fourth-order valence-corrected chi connectivity index (χ4v) is 3.47. The highest BCUT2D eigenvalue weighted by Gasteiger charge is 2.21. The van der Waals surface area contributed by atoms with Gasteiger partial charge in [0.05, 0.1) is 30.6 Å². The van der Waals surface area contributed by atoms with Crippen molar-refractivity contribution in [1.82, 2.24) is 15.7 Å². The van der Waals surface area contributed by atoms with Gasteiger partial charge in [0, 0.05) is 10.0 Å². The molecule has 4 rings (SSSR count). The Morgan fingerprint density at radius 1 is 1.14 bits per heavy atom. The molecule has 0 aliphatic carbocycles. The number of amidine groups is 1. The van der Waals surface area contributed by atoms with Crippen molar-refractivity contribution in [3.63, 3.8) is 0 Å². The third-order valence-electron chi connectivity index (χ3n) is 4.39. The lowest BCUT2D eigenvalue weighted by atomic mass is 10.0. The molecule has 6 nitrogen and oxygen atoms in total. The Kier molecular flexibility index (Phi) is 5.94. The number of nitrogens with zero attached hydrogens (tertiary/aromatic N) is 3. The summed E-state index contributed by atoms with van der Waals surface area (Å²) in [5, 5.41) is 9.19. The summed E-state index contributed by atoms with van der Waals surface area (Å²) < 4.78 is 5.94. The quantitative estimate of drug-likeness (QED) is 0.633. The first kappa shape index (κ1) is 19.6. The van der Waals surface area contributed by atoms with Gasteiger partial charge in [0.1, 0.15) is 5.75 Å². The largest absolute Gasteiger partial charge is 0.455 e. The number of hydroxylamine groups is 1. The van der Waals surface area contributed by atoms with Crippen molar-refractivity contribution in [2.24, 2.45) is 4.99 Å². The van der Waals surface area contributed by atoms with Crippen molar-refractivity contribution >= 4 is 29.0 Å². The SMILES string of the molecule is Cc1ccc(CC2CONC(c3cnncc3Oc3cccc(Cl)c3)=N2)c(Cl)c1. The number of hydrogen-bond donors (Lipinski definition) is 1. The highest BCUT2D eigenvalue weighted by atomic mass is 35.5. The van der Waals surface area contributed by atoms with Crippen LogP contribution in [0.15, 0.2) is 59.9 Å². The van der Waals surface area contributed by atoms with Crippen molar-refractivity contribution in [3.05, 3.63) is 81.6 Å². The van der Waals surface area contributed by atoms with Crippen LogP contribution in [0.1, 0.15) is 16.7 Å². The molecule has 29 heavy (non-hydrogen) atoms. The first-order valence-corrected chi connectivity index (χ1v) is 9.79. The van der Waals surface area contributed by atoms with Crippen LogP contribution in [-0.4, -0.2) is 28.7 Å². The molecule has 1 atom stereocenters. The van der Waals surface area contributed by atoms with Crippen molar-refractivity contribution in [2.75, 3.05) is 6.61 Å². The zero-order chi connectivity index (χ0) is 20.2. The molecule has 1 unspecified atom stereocenters. The van der Waals surface area contributed by atoms with E-state index in [1.54, 1.807) is 18.3 Å². The molecule has 1 N–H and O–H groups in total. The van der Waals surface area contributed by atoms with Gasteiger partial charge in [-0.3, -0.25) is 9.83 Å². The Balaban J connectivity index is 1.59. The summed E-state index contributed by atoms with van der Waals surface area (Å²) in [4.78, 5) is 10.3. The van der Waals surface area contributed by atoms with Gasteiger partial charge in [-0.05, 0) is 48.7 Å². The molecule has 148 valence electrons. The third-order valence-corrected chi connectivity index (χ3v) is 4.98. The Labute approximate surface area is 178 Å². The van der Waals surface area contributed by atoms with Crippen LogP contribution in [0.5, 0.6) is 11.5 Å². The maximum atomic E-state index is 6.38. The number of benzene rings is 2. The Morgan fingerprint density at radius 3 is 2.83 bits per heavy atom. The molecular formula is C21H18Cl2N4O2. The van der Waals surface area contributed by atoms with Crippen molar-refractivity contribution in [1.29, 1.82) is 0 Å². The molecule has 3 aromatic rings. The van der Waals surface area contributed by atoms with Crippen LogP contribution in [0, 0.1) is 6.92 Å². The highest BCUT2D eigenvalue weighted by molar-refractivity contribution is 6.31. The molecular weight excluding hydrogens is 411 g/mol. The number of aliphatic imine (C=N–C) groups is 1. The number of hydrogen-bond acceptors (Lipinski definition) is 6. The summed E-state index contributed by atoms with van der Waals surface area (Å²) >= 11 is 12.4. The van der Waals surface area contributed by atoms with Crippen molar-refractivity contribution < 1.29 is 9.57 Å². The second-order valence-corrected chi connectivity index (χ2v) is 7.51. The zero-order valence-electron chi connectivity index (χ0n) is 15.6. The van der Waals surface area contributed by atoms with E-state index in [0.29, 0.717) is 40.9 Å². The second-order valence-electron chi connectivity index (χ2n) is 6.67. The van der Waals surface area contributed by atoms with Crippen molar-refractivity contribution in [2.45, 2.75) is 19.4 Å². The van der Waals surface area contributed by atoms with E-state index in [4.69, 9.17) is 37.8 Å². The molecule has 0 bridgehead atoms. The fraction of sp³-hybridized carbons (Fsp3) is 0.190. The first-order valence-electron chi connectivity index (χ1n) is 9.03. The number of rotatable bonds is 5. The topological polar surface area (TPSA) is 68.6 Å². The highest BCUT2D eigenvalue weighted by Crippen LogP contribution is 2.27. The lowest BCUT2D eigenvalue weighted by Crippen LogP contribution is -2.37. The van der Waals surface area contributed by atoms with Crippen LogP contribution in [0.4, 0.5) is 0 Å². The molecule has 1 aromatic heterocycles. The second kappa shape index (κ2) is 8.78. The normalized spacial score (nSPS) is 16.1. The van der Waals surface area contributed by atoms with E-state index in [1.165, 1.54) is 6.20 Å². The van der Waals surface area contributed by atoms with Crippen LogP contribution in [-0.2, 0) is 11.3 Å². The molecule has 0 spiro atoms. The number of halogens is 2. The van der Waals surface area contributed by atoms with Gasteiger partial charge in [0.15, 0.2) is 11.6 Å². The lowest BCUT2D eigenvalue weighted by molar-refractivity contribution is 0.0623. The van der Waals surface area contributed by atoms with Gasteiger partial charge in [0.2, 0.25) is 0 Å². The minimum atomic E-state index is -0.0985. The van der Waals surface area contributed by atoms with Crippen molar-refractivity contribution in [3.8, 4) is 11.5 Å². The summed E-state index contributed by atoms with van der Waals surface area (Å²) in [6.07, 6.45) is 3.77. The van der Waals surface area contributed by atoms with E-state index in [-0.39, 0.29) is 6.04 Å². The summed E-state index contributed by atoms with van der Waals surface area (Å²) in [6, 6.07) is 13.0. The van der Waals surface area contributed by atoms with Crippen LogP contribution in [0.25, 0.3) is 0 Å². The third kappa shape index (κ3) is 4.85. The minimum absolute atomic E-state index is 0.0985. The maximum Gasteiger partial charge on any atom is 0.160 e. The number of aromatic nitrogens is 2. The van der Waals surface area contributed by atoms with Crippen LogP contribution >= 0.6 is 23.2 Å². The molecule has 0 fully saturated rings. The molecule has 8 heteroatoms. The Bertz CT molecular complexity index is 1060. The van der Waals surface area contributed by atoms with Gasteiger partial charge < -0.3 is 4.74 Å². The monoisotopic (exact) mass is 428 g/mol. The average Bonchev–Trinajstić information content (AvgIpc) is 2.71. The van der Waals surface area contributed by atoms with E-state index in [0.717, 1.165) is 16.1 Å². The summed E-state index contributed by atoms with van der Waals surface area (Å²) in [7, 11) is 0. The van der Waals surface area contributed by atoms with E-state index in [2.05, 4.69) is 15.7 Å². The molecule has 2 aromatic carbocycles. The Morgan fingerprint density at radius 2 is 2.00 bits per heavy atom. The van der Waals surface area contributed by atoms with E-state index < -0.39 is 0 Å². The van der Waals surface area contributed by atoms with Gasteiger partial charge in [-0.1, -0.05) is 41.4 Å². The zero-order valence-corrected chi connectivity index (χ0v) is 17.1. The minimum Gasteiger partial charge on any atom is -0.455 e. The molecule has 0 amide bonds. The molecule has 1 aliphatic heterocycles. The van der Waals surface area contributed by atoms with Gasteiger partial charge in [-0.25, -0.2) is 5.48 Å². The van der Waals surface area contributed by atoms with Crippen LogP contribution < -0.4 is 10.2 Å².